The second-order valence-corrected chi connectivity index (χ2v) is 4.41. The summed E-state index contributed by atoms with van der Waals surface area (Å²) in [5, 5.41) is 8.32. The van der Waals surface area contributed by atoms with Crippen molar-refractivity contribution in [3.05, 3.63) is 5.92 Å². The van der Waals surface area contributed by atoms with Gasteiger partial charge in [-0.2, -0.15) is 20.8 Å². The van der Waals surface area contributed by atoms with Crippen LogP contribution in [0.5, 0.6) is 0 Å². The van der Waals surface area contributed by atoms with E-state index in [0.717, 1.165) is 12.8 Å². The maximum atomic E-state index is 10.1. The van der Waals surface area contributed by atoms with Crippen LogP contribution < -0.4 is 18.9 Å². The number of hydrogen-bond donors (Lipinski definition) is 1. The number of aliphatic carboxylic acids is 1. The van der Waals surface area contributed by atoms with Crippen LogP contribution in [0.2, 0.25) is 0 Å². The van der Waals surface area contributed by atoms with Gasteiger partial charge in [-0.25, -0.2) is 0 Å². The summed E-state index contributed by atoms with van der Waals surface area (Å²) in [6.07, 6.45) is 7.25. The standard InChI is InChI=1S/C9H18O2.C4H9.Li/c1-2-3-4-5-6-7-8-9(10)11;1-4(2)3;/h2-8H2,1H3,(H,10,11);1-3H3;/q;-1;+1. The summed E-state index contributed by atoms with van der Waals surface area (Å²) in [7, 11) is 0. The first-order chi connectivity index (χ1) is 7.00. The number of hydrogen-bond acceptors (Lipinski definition) is 1. The first kappa shape index (κ1) is 21.4. The molecule has 2 nitrogen and oxygen atoms in total. The van der Waals surface area contributed by atoms with Gasteiger partial charge in [0.1, 0.15) is 0 Å². The van der Waals surface area contributed by atoms with Crippen molar-refractivity contribution in [2.45, 2.75) is 72.6 Å². The number of unbranched alkanes of at least 4 members (excludes halogenated alkanes) is 5. The number of carboxylic acid groups (broad SMARTS) is 1. The van der Waals surface area contributed by atoms with Crippen molar-refractivity contribution >= 4 is 5.97 Å². The minimum absolute atomic E-state index is 0. The zero-order valence-corrected chi connectivity index (χ0v) is 11.8. The SMILES string of the molecule is CCCCCCCCC(=O)O.C[C-](C)C.[Li+]. The van der Waals surface area contributed by atoms with Crippen LogP contribution in [-0.2, 0) is 4.79 Å². The molecule has 0 aliphatic heterocycles. The third kappa shape index (κ3) is 36.9. The van der Waals surface area contributed by atoms with Crippen LogP contribution in [0.15, 0.2) is 0 Å². The zero-order valence-electron chi connectivity index (χ0n) is 11.8. The van der Waals surface area contributed by atoms with E-state index in [9.17, 15) is 4.79 Å². The minimum Gasteiger partial charge on any atom is -0.481 e. The van der Waals surface area contributed by atoms with Crippen molar-refractivity contribution < 1.29 is 28.8 Å². The summed E-state index contributed by atoms with van der Waals surface area (Å²) in [6, 6.07) is 0. The molecule has 0 fully saturated rings. The second kappa shape index (κ2) is 17.5. The number of carboxylic acids is 1. The smallest absolute Gasteiger partial charge is 0.481 e. The largest absolute Gasteiger partial charge is 1.00 e. The Morgan fingerprint density at radius 1 is 1.00 bits per heavy atom. The molecule has 0 aromatic heterocycles. The molecule has 0 heterocycles. The number of carbonyl (C=O) groups is 1. The molecule has 92 valence electrons. The van der Waals surface area contributed by atoms with Crippen LogP contribution >= 0.6 is 0 Å². The van der Waals surface area contributed by atoms with Crippen LogP contribution in [0.25, 0.3) is 0 Å². The van der Waals surface area contributed by atoms with Gasteiger partial charge in [0.15, 0.2) is 0 Å². The first-order valence-electron chi connectivity index (χ1n) is 5.99. The maximum absolute atomic E-state index is 10.1. The molecule has 0 radical (unpaired) electrons. The molecule has 0 aliphatic rings. The van der Waals surface area contributed by atoms with E-state index < -0.39 is 5.97 Å². The summed E-state index contributed by atoms with van der Waals surface area (Å²) in [6.45, 7) is 8.43. The third-order valence-electron chi connectivity index (χ3n) is 1.74. The summed E-state index contributed by atoms with van der Waals surface area (Å²) in [5.74, 6) is 0.750. The Bertz CT molecular complexity index is 133. The van der Waals surface area contributed by atoms with Gasteiger partial charge in [0.25, 0.3) is 0 Å². The molecule has 0 rings (SSSR count). The van der Waals surface area contributed by atoms with E-state index in [4.69, 9.17) is 5.11 Å². The summed E-state index contributed by atoms with van der Waals surface area (Å²) in [4.78, 5) is 10.1. The quantitative estimate of drug-likeness (QED) is 0.402. The van der Waals surface area contributed by atoms with Crippen LogP contribution in [0.3, 0.4) is 0 Å². The van der Waals surface area contributed by atoms with Gasteiger partial charge < -0.3 is 11.0 Å². The van der Waals surface area contributed by atoms with Crippen molar-refractivity contribution in [1.82, 2.24) is 0 Å². The molecule has 0 atom stereocenters. The van der Waals surface area contributed by atoms with Crippen molar-refractivity contribution in [1.29, 1.82) is 0 Å². The molecular weight excluding hydrogens is 195 g/mol. The van der Waals surface area contributed by atoms with Crippen molar-refractivity contribution in [2.75, 3.05) is 0 Å². The first-order valence-corrected chi connectivity index (χ1v) is 5.99. The zero-order chi connectivity index (χ0) is 12.1. The third-order valence-corrected chi connectivity index (χ3v) is 1.74. The molecule has 0 spiro atoms. The van der Waals surface area contributed by atoms with Gasteiger partial charge >= 0.3 is 24.8 Å². The van der Waals surface area contributed by atoms with E-state index >= 15 is 0 Å². The summed E-state index contributed by atoms with van der Waals surface area (Å²) >= 11 is 0. The average Bonchev–Trinajstić information content (AvgIpc) is 2.09. The Kier molecular flexibility index (Phi) is 23.3. The predicted molar refractivity (Wildman–Crippen MR) is 65.9 cm³/mol. The normalized spacial score (nSPS) is 9.06. The predicted octanol–water partition coefficient (Wildman–Crippen LogP) is 1.45. The number of rotatable bonds is 7. The van der Waals surface area contributed by atoms with Gasteiger partial charge in [-0.15, -0.1) is 0 Å². The van der Waals surface area contributed by atoms with Crippen LogP contribution in [0, 0.1) is 5.92 Å². The second-order valence-electron chi connectivity index (χ2n) is 4.41. The van der Waals surface area contributed by atoms with E-state index in [0.29, 0.717) is 6.42 Å². The molecule has 0 unspecified atom stereocenters. The fourth-order valence-electron chi connectivity index (χ4n) is 1.06. The van der Waals surface area contributed by atoms with Crippen LogP contribution in [-0.4, -0.2) is 11.1 Å². The van der Waals surface area contributed by atoms with E-state index in [2.05, 4.69) is 27.7 Å². The van der Waals surface area contributed by atoms with Gasteiger partial charge in [0.05, 0.1) is 0 Å². The van der Waals surface area contributed by atoms with Crippen LogP contribution in [0.1, 0.15) is 72.6 Å². The van der Waals surface area contributed by atoms with Gasteiger partial charge in [0.2, 0.25) is 0 Å². The molecule has 0 bridgehead atoms. The monoisotopic (exact) mass is 222 g/mol. The fraction of sp³-hybridized carbons (Fsp3) is 0.846. The molecule has 0 amide bonds. The Hall–Kier alpha value is 0.0674. The molecule has 3 heteroatoms. The minimum atomic E-state index is -0.666. The van der Waals surface area contributed by atoms with Crippen molar-refractivity contribution in [3.63, 3.8) is 0 Å². The van der Waals surface area contributed by atoms with Crippen molar-refractivity contribution in [3.8, 4) is 0 Å². The Balaban J connectivity index is -0.000000292. The van der Waals surface area contributed by atoms with E-state index in [1.807, 2.05) is 0 Å². The maximum Gasteiger partial charge on any atom is 1.00 e. The topological polar surface area (TPSA) is 37.3 Å². The molecule has 0 aromatic carbocycles. The molecular formula is C13H27LiO2. The Morgan fingerprint density at radius 3 is 1.75 bits per heavy atom. The fourth-order valence-corrected chi connectivity index (χ4v) is 1.06. The van der Waals surface area contributed by atoms with Crippen LogP contribution in [0.4, 0.5) is 0 Å². The Morgan fingerprint density at radius 2 is 1.38 bits per heavy atom. The van der Waals surface area contributed by atoms with Gasteiger partial charge in [0, 0.05) is 6.42 Å². The van der Waals surface area contributed by atoms with Gasteiger partial charge in [-0.3, -0.25) is 4.79 Å². The molecule has 0 aliphatic carbocycles. The van der Waals surface area contributed by atoms with E-state index in [1.54, 1.807) is 0 Å². The van der Waals surface area contributed by atoms with E-state index in [1.165, 1.54) is 31.6 Å². The van der Waals surface area contributed by atoms with Gasteiger partial charge in [-0.05, 0) is 6.42 Å². The van der Waals surface area contributed by atoms with Gasteiger partial charge in [-0.1, -0.05) is 39.0 Å². The van der Waals surface area contributed by atoms with E-state index in [-0.39, 0.29) is 18.9 Å². The molecule has 0 aromatic rings. The Labute approximate surface area is 113 Å². The molecule has 0 saturated carbocycles. The molecule has 0 saturated heterocycles. The molecule has 16 heavy (non-hydrogen) atoms. The summed E-state index contributed by atoms with van der Waals surface area (Å²) in [5.41, 5.74) is 0. The average molecular weight is 222 g/mol. The van der Waals surface area contributed by atoms with Crippen molar-refractivity contribution in [2.24, 2.45) is 0 Å². The molecule has 1 N–H and O–H groups in total. The summed E-state index contributed by atoms with van der Waals surface area (Å²) < 4.78 is 0.